The molecule has 140 valence electrons. The van der Waals surface area contributed by atoms with E-state index in [1.54, 1.807) is 6.07 Å². The summed E-state index contributed by atoms with van der Waals surface area (Å²) >= 11 is 0. The highest BCUT2D eigenvalue weighted by Gasteiger charge is 2.11. The summed E-state index contributed by atoms with van der Waals surface area (Å²) in [5, 5.41) is 13.6. The number of para-hydroxylation sites is 1. The Kier molecular flexibility index (Phi) is 7.25. The lowest BCUT2D eigenvalue weighted by atomic mass is 10.0. The fourth-order valence-corrected chi connectivity index (χ4v) is 2.35. The average molecular weight is 368 g/mol. The second-order valence-electron chi connectivity index (χ2n) is 5.87. The molecule has 1 amide bonds. The highest BCUT2D eigenvalue weighted by Crippen LogP contribution is 2.18. The van der Waals surface area contributed by atoms with E-state index in [1.165, 1.54) is 24.3 Å². The quantitative estimate of drug-likeness (QED) is 0.334. The molecule has 0 aliphatic heterocycles. The first-order chi connectivity index (χ1) is 13.0. The molecule has 2 aromatic rings. The van der Waals surface area contributed by atoms with Gasteiger partial charge >= 0.3 is 5.97 Å². The number of amides is 1. The average Bonchev–Trinajstić information content (AvgIpc) is 2.69. The second kappa shape index (κ2) is 9.86. The van der Waals surface area contributed by atoms with Gasteiger partial charge in [0.1, 0.15) is 0 Å². The van der Waals surface area contributed by atoms with Gasteiger partial charge < -0.3 is 10.1 Å². The summed E-state index contributed by atoms with van der Waals surface area (Å²) in [5.41, 5.74) is 1.26. The molecule has 0 unspecified atom stereocenters. The van der Waals surface area contributed by atoms with E-state index in [4.69, 9.17) is 4.74 Å². The van der Waals surface area contributed by atoms with Crippen molar-refractivity contribution >= 4 is 23.6 Å². The van der Waals surface area contributed by atoms with E-state index >= 15 is 0 Å². The van der Waals surface area contributed by atoms with Crippen LogP contribution in [0.5, 0.6) is 0 Å². The lowest BCUT2D eigenvalue weighted by molar-refractivity contribution is -0.385. The van der Waals surface area contributed by atoms with Crippen LogP contribution in [0.3, 0.4) is 0 Å². The molecule has 0 aliphatic rings. The van der Waals surface area contributed by atoms with E-state index in [2.05, 4.69) is 5.32 Å². The van der Waals surface area contributed by atoms with E-state index in [0.717, 1.165) is 11.6 Å². The van der Waals surface area contributed by atoms with Crippen molar-refractivity contribution in [3.05, 3.63) is 81.9 Å². The molecule has 27 heavy (non-hydrogen) atoms. The molecule has 0 saturated heterocycles. The molecule has 1 atom stereocenters. The van der Waals surface area contributed by atoms with Gasteiger partial charge in [-0.3, -0.25) is 14.9 Å². The van der Waals surface area contributed by atoms with Crippen LogP contribution >= 0.6 is 0 Å². The molecule has 0 aromatic heterocycles. The molecule has 0 saturated carbocycles. The normalized spacial score (nSPS) is 11.7. The first-order valence-corrected chi connectivity index (χ1v) is 8.37. The van der Waals surface area contributed by atoms with Crippen molar-refractivity contribution in [2.24, 2.45) is 0 Å². The maximum atomic E-state index is 11.8. The van der Waals surface area contributed by atoms with Gasteiger partial charge in [-0.25, -0.2) is 4.79 Å². The Hall–Kier alpha value is -3.48. The zero-order chi connectivity index (χ0) is 19.6. The van der Waals surface area contributed by atoms with Gasteiger partial charge in [-0.2, -0.15) is 0 Å². The van der Waals surface area contributed by atoms with Crippen LogP contribution in [0, 0.1) is 10.1 Å². The smallest absolute Gasteiger partial charge is 0.331 e. The molecule has 1 N–H and O–H groups in total. The molecule has 0 radical (unpaired) electrons. The Morgan fingerprint density at radius 3 is 2.52 bits per heavy atom. The number of hydrogen-bond acceptors (Lipinski definition) is 5. The van der Waals surface area contributed by atoms with Crippen LogP contribution in [0.4, 0.5) is 5.69 Å². The predicted molar refractivity (Wildman–Crippen MR) is 101 cm³/mol. The maximum absolute atomic E-state index is 11.8. The predicted octanol–water partition coefficient (Wildman–Crippen LogP) is 3.07. The van der Waals surface area contributed by atoms with Gasteiger partial charge in [0.25, 0.3) is 11.6 Å². The van der Waals surface area contributed by atoms with Gasteiger partial charge in [0.15, 0.2) is 6.61 Å². The molecule has 0 aliphatic carbocycles. The van der Waals surface area contributed by atoms with Crippen molar-refractivity contribution in [1.82, 2.24) is 5.32 Å². The number of nitro benzene ring substituents is 1. The molecule has 0 fully saturated rings. The number of esters is 1. The molecule has 0 spiro atoms. The standard InChI is InChI=1S/C20H20N2O5/c1-15(16-7-3-2-4-8-16)13-21-19(23)14-27-20(24)12-11-17-9-5-6-10-18(17)22(25)26/h2-12,15H,13-14H2,1H3,(H,21,23)/b12-11+/t15-/m1/s1. The topological polar surface area (TPSA) is 98.5 Å². The SMILES string of the molecule is C[C@H](CNC(=O)COC(=O)/C=C/c1ccccc1[N+](=O)[O-])c1ccccc1. The Labute approximate surface area is 156 Å². The molecule has 0 bridgehead atoms. The lowest BCUT2D eigenvalue weighted by Gasteiger charge is -2.12. The van der Waals surface area contributed by atoms with Crippen molar-refractivity contribution in [3.63, 3.8) is 0 Å². The van der Waals surface area contributed by atoms with Gasteiger partial charge in [-0.05, 0) is 23.6 Å². The van der Waals surface area contributed by atoms with E-state index < -0.39 is 23.4 Å². The fourth-order valence-electron chi connectivity index (χ4n) is 2.35. The number of rotatable bonds is 8. The monoisotopic (exact) mass is 368 g/mol. The van der Waals surface area contributed by atoms with Crippen LogP contribution in [-0.4, -0.2) is 30.0 Å². The van der Waals surface area contributed by atoms with Crippen LogP contribution in [0.25, 0.3) is 6.08 Å². The zero-order valence-corrected chi connectivity index (χ0v) is 14.8. The van der Waals surface area contributed by atoms with Crippen molar-refractivity contribution in [2.75, 3.05) is 13.2 Å². The summed E-state index contributed by atoms with van der Waals surface area (Å²) in [6, 6.07) is 15.7. The Balaban J connectivity index is 1.78. The van der Waals surface area contributed by atoms with Crippen LogP contribution in [0.1, 0.15) is 24.0 Å². The number of ether oxygens (including phenoxy) is 1. The number of hydrogen-bond donors (Lipinski definition) is 1. The van der Waals surface area contributed by atoms with Gasteiger partial charge in [0.2, 0.25) is 0 Å². The highest BCUT2D eigenvalue weighted by molar-refractivity contribution is 5.89. The van der Waals surface area contributed by atoms with Gasteiger partial charge in [-0.15, -0.1) is 0 Å². The molecule has 2 aromatic carbocycles. The minimum absolute atomic E-state index is 0.116. The molecule has 0 heterocycles. The van der Waals surface area contributed by atoms with Crippen LogP contribution < -0.4 is 5.32 Å². The third-order valence-electron chi connectivity index (χ3n) is 3.85. The van der Waals surface area contributed by atoms with Crippen molar-refractivity contribution in [3.8, 4) is 0 Å². The van der Waals surface area contributed by atoms with E-state index in [1.807, 2.05) is 37.3 Å². The Morgan fingerprint density at radius 2 is 1.81 bits per heavy atom. The summed E-state index contributed by atoms with van der Waals surface area (Å²) in [4.78, 5) is 33.9. The van der Waals surface area contributed by atoms with Crippen molar-refractivity contribution < 1.29 is 19.2 Å². The summed E-state index contributed by atoms with van der Waals surface area (Å²) in [7, 11) is 0. The minimum atomic E-state index is -0.751. The Bertz CT molecular complexity index is 833. The third kappa shape index (κ3) is 6.39. The number of nitrogens with one attached hydrogen (secondary N) is 1. The largest absolute Gasteiger partial charge is 0.452 e. The van der Waals surface area contributed by atoms with Crippen LogP contribution in [0.2, 0.25) is 0 Å². The minimum Gasteiger partial charge on any atom is -0.452 e. The third-order valence-corrected chi connectivity index (χ3v) is 3.85. The highest BCUT2D eigenvalue weighted by atomic mass is 16.6. The van der Waals surface area contributed by atoms with Gasteiger partial charge in [-0.1, -0.05) is 49.4 Å². The van der Waals surface area contributed by atoms with Crippen molar-refractivity contribution in [1.29, 1.82) is 0 Å². The first kappa shape index (κ1) is 19.8. The summed E-state index contributed by atoms with van der Waals surface area (Å²) < 4.78 is 4.86. The van der Waals surface area contributed by atoms with Gasteiger partial charge in [0.05, 0.1) is 10.5 Å². The number of carbonyl (C=O) groups is 2. The fraction of sp³-hybridized carbons (Fsp3) is 0.200. The molecular formula is C20H20N2O5. The number of nitro groups is 1. The first-order valence-electron chi connectivity index (χ1n) is 8.37. The molecule has 7 nitrogen and oxygen atoms in total. The van der Waals surface area contributed by atoms with E-state index in [9.17, 15) is 19.7 Å². The molecular weight excluding hydrogens is 348 g/mol. The van der Waals surface area contributed by atoms with E-state index in [-0.39, 0.29) is 17.2 Å². The second-order valence-corrected chi connectivity index (χ2v) is 5.87. The number of carbonyl (C=O) groups excluding carboxylic acids is 2. The summed E-state index contributed by atoms with van der Waals surface area (Å²) in [5.74, 6) is -1.03. The summed E-state index contributed by atoms with van der Waals surface area (Å²) in [6.45, 7) is 1.99. The molecule has 7 heteroatoms. The van der Waals surface area contributed by atoms with Gasteiger partial charge in [0, 0.05) is 18.7 Å². The Morgan fingerprint density at radius 1 is 1.15 bits per heavy atom. The number of benzene rings is 2. The lowest BCUT2D eigenvalue weighted by Crippen LogP contribution is -2.31. The molecule has 2 rings (SSSR count). The van der Waals surface area contributed by atoms with Crippen molar-refractivity contribution in [2.45, 2.75) is 12.8 Å². The van der Waals surface area contributed by atoms with E-state index in [0.29, 0.717) is 6.54 Å². The maximum Gasteiger partial charge on any atom is 0.331 e. The van der Waals surface area contributed by atoms with Crippen LogP contribution in [0.15, 0.2) is 60.7 Å². The summed E-state index contributed by atoms with van der Waals surface area (Å²) in [6.07, 6.45) is 2.35. The zero-order valence-electron chi connectivity index (χ0n) is 14.8. The number of nitrogens with zero attached hydrogens (tertiary/aromatic N) is 1. The van der Waals surface area contributed by atoms with Crippen LogP contribution in [-0.2, 0) is 14.3 Å².